The van der Waals surface area contributed by atoms with E-state index in [0.717, 1.165) is 24.8 Å². The van der Waals surface area contributed by atoms with E-state index in [2.05, 4.69) is 4.90 Å². The number of benzene rings is 1. The Morgan fingerprint density at radius 3 is 2.36 bits per heavy atom. The number of nitrogens with zero attached hydrogens (tertiary/aromatic N) is 1. The van der Waals surface area contributed by atoms with Crippen molar-refractivity contribution < 1.29 is 17.9 Å². The van der Waals surface area contributed by atoms with Gasteiger partial charge in [0, 0.05) is 24.4 Å². The van der Waals surface area contributed by atoms with Crippen LogP contribution < -0.4 is 15.2 Å². The van der Waals surface area contributed by atoms with Gasteiger partial charge in [0.25, 0.3) is 0 Å². The van der Waals surface area contributed by atoms with Gasteiger partial charge >= 0.3 is 0 Å². The molecule has 1 aliphatic rings. The van der Waals surface area contributed by atoms with Gasteiger partial charge in [-0.25, -0.2) is 8.42 Å². The minimum atomic E-state index is -3.39. The Hall–Kier alpha value is -1.31. The number of hydrogen-bond donors (Lipinski definition) is 1. The van der Waals surface area contributed by atoms with Crippen LogP contribution in [-0.4, -0.2) is 53.9 Å². The Labute approximate surface area is 132 Å². The SMILES string of the molecule is COc1c(C2CC(CN)CN2C)ccc(S(C)(=O)=O)c1OC. The average Bonchev–Trinajstić information content (AvgIpc) is 2.85. The van der Waals surface area contributed by atoms with E-state index in [1.54, 1.807) is 6.07 Å². The summed E-state index contributed by atoms with van der Waals surface area (Å²) in [4.78, 5) is 2.36. The van der Waals surface area contributed by atoms with Crippen LogP contribution in [0, 0.1) is 5.92 Å². The number of sulfone groups is 1. The summed E-state index contributed by atoms with van der Waals surface area (Å²) in [6.07, 6.45) is 2.08. The minimum Gasteiger partial charge on any atom is -0.492 e. The Kier molecular flexibility index (Phi) is 4.99. The standard InChI is InChI=1S/C15H24N2O4S/c1-17-9-10(8-16)7-12(17)11-5-6-13(22(4,18)19)15(21-3)14(11)20-2/h5-6,10,12H,7-9,16H2,1-4H3. The number of ether oxygens (including phenoxy) is 2. The van der Waals surface area contributed by atoms with Crippen molar-refractivity contribution in [3.8, 4) is 11.5 Å². The van der Waals surface area contributed by atoms with Crippen LogP contribution in [0.15, 0.2) is 17.0 Å². The number of nitrogens with two attached hydrogens (primary N) is 1. The zero-order chi connectivity index (χ0) is 16.5. The smallest absolute Gasteiger partial charge is 0.179 e. The van der Waals surface area contributed by atoms with Crippen molar-refractivity contribution in [1.29, 1.82) is 0 Å². The second kappa shape index (κ2) is 6.44. The predicted octanol–water partition coefficient (Wildman–Crippen LogP) is 1.06. The van der Waals surface area contributed by atoms with Gasteiger partial charge in [0.1, 0.15) is 4.90 Å². The van der Waals surface area contributed by atoms with Gasteiger partial charge in [-0.05, 0) is 32.0 Å². The van der Waals surface area contributed by atoms with E-state index in [-0.39, 0.29) is 16.7 Å². The molecule has 2 unspecified atom stereocenters. The summed E-state index contributed by atoms with van der Waals surface area (Å²) in [5.41, 5.74) is 6.72. The first-order valence-corrected chi connectivity index (χ1v) is 9.07. The highest BCUT2D eigenvalue weighted by Gasteiger charge is 2.33. The van der Waals surface area contributed by atoms with Crippen molar-refractivity contribution in [2.24, 2.45) is 11.7 Å². The Balaban J connectivity index is 2.54. The van der Waals surface area contributed by atoms with Gasteiger partial charge in [-0.1, -0.05) is 6.07 Å². The second-order valence-electron chi connectivity index (χ2n) is 5.78. The molecule has 6 nitrogen and oxygen atoms in total. The third-order valence-electron chi connectivity index (χ3n) is 4.24. The van der Waals surface area contributed by atoms with Crippen molar-refractivity contribution >= 4 is 9.84 Å². The van der Waals surface area contributed by atoms with Crippen LogP contribution in [-0.2, 0) is 9.84 Å². The summed E-state index contributed by atoms with van der Waals surface area (Å²) >= 11 is 0. The van der Waals surface area contributed by atoms with E-state index >= 15 is 0 Å². The molecule has 1 aliphatic heterocycles. The molecular formula is C15H24N2O4S. The van der Waals surface area contributed by atoms with Gasteiger partial charge in [0.15, 0.2) is 21.3 Å². The summed E-state index contributed by atoms with van der Waals surface area (Å²) in [6, 6.07) is 3.55. The third kappa shape index (κ3) is 3.06. The molecule has 2 atom stereocenters. The first-order chi connectivity index (χ1) is 10.3. The van der Waals surface area contributed by atoms with Crippen molar-refractivity contribution in [2.75, 3.05) is 40.6 Å². The highest BCUT2D eigenvalue weighted by atomic mass is 32.2. The van der Waals surface area contributed by atoms with Gasteiger partial charge in [-0.3, -0.25) is 4.90 Å². The van der Waals surface area contributed by atoms with Gasteiger partial charge in [0.05, 0.1) is 14.2 Å². The molecule has 0 radical (unpaired) electrons. The van der Waals surface area contributed by atoms with Crippen LogP contribution in [0.3, 0.4) is 0 Å². The fourth-order valence-corrected chi connectivity index (χ4v) is 3.99. The molecule has 0 spiro atoms. The lowest BCUT2D eigenvalue weighted by molar-refractivity contribution is 0.294. The third-order valence-corrected chi connectivity index (χ3v) is 5.36. The van der Waals surface area contributed by atoms with Crippen molar-refractivity contribution in [2.45, 2.75) is 17.4 Å². The van der Waals surface area contributed by atoms with E-state index in [4.69, 9.17) is 15.2 Å². The summed E-state index contributed by atoms with van der Waals surface area (Å²) in [5.74, 6) is 1.19. The van der Waals surface area contributed by atoms with Crippen molar-refractivity contribution in [1.82, 2.24) is 4.90 Å². The fourth-order valence-electron chi connectivity index (χ4n) is 3.16. The molecule has 0 saturated carbocycles. The maximum Gasteiger partial charge on any atom is 0.179 e. The number of rotatable bonds is 5. The Morgan fingerprint density at radius 2 is 1.91 bits per heavy atom. The molecule has 2 rings (SSSR count). The fraction of sp³-hybridized carbons (Fsp3) is 0.600. The summed E-state index contributed by atoms with van der Waals surface area (Å²) < 4.78 is 34.6. The number of hydrogen-bond acceptors (Lipinski definition) is 6. The molecule has 0 amide bonds. The predicted molar refractivity (Wildman–Crippen MR) is 85.2 cm³/mol. The van der Waals surface area contributed by atoms with Crippen LogP contribution >= 0.6 is 0 Å². The zero-order valence-corrected chi connectivity index (χ0v) is 14.3. The van der Waals surface area contributed by atoms with Crippen LogP contribution in [0.2, 0.25) is 0 Å². The highest BCUT2D eigenvalue weighted by Crippen LogP contribution is 2.44. The molecule has 2 N–H and O–H groups in total. The van der Waals surface area contributed by atoms with E-state index in [1.165, 1.54) is 14.2 Å². The molecule has 1 saturated heterocycles. The Morgan fingerprint density at radius 1 is 1.27 bits per heavy atom. The maximum atomic E-state index is 11.9. The monoisotopic (exact) mass is 328 g/mol. The molecule has 1 fully saturated rings. The average molecular weight is 328 g/mol. The highest BCUT2D eigenvalue weighted by molar-refractivity contribution is 7.90. The lowest BCUT2D eigenvalue weighted by Gasteiger charge is -2.24. The molecule has 0 bridgehead atoms. The lowest BCUT2D eigenvalue weighted by Crippen LogP contribution is -2.21. The zero-order valence-electron chi connectivity index (χ0n) is 13.5. The molecule has 124 valence electrons. The first-order valence-electron chi connectivity index (χ1n) is 7.18. The van der Waals surface area contributed by atoms with E-state index in [0.29, 0.717) is 18.2 Å². The lowest BCUT2D eigenvalue weighted by atomic mass is 9.98. The van der Waals surface area contributed by atoms with Gasteiger partial charge < -0.3 is 15.2 Å². The first kappa shape index (κ1) is 17.1. The number of likely N-dealkylation sites (tertiary alicyclic amines) is 1. The van der Waals surface area contributed by atoms with Crippen molar-refractivity contribution in [3.05, 3.63) is 17.7 Å². The molecule has 1 heterocycles. The van der Waals surface area contributed by atoms with E-state index in [1.807, 2.05) is 13.1 Å². The summed E-state index contributed by atoms with van der Waals surface area (Å²) in [6.45, 7) is 1.56. The second-order valence-corrected chi connectivity index (χ2v) is 7.77. The van der Waals surface area contributed by atoms with Gasteiger partial charge in [-0.2, -0.15) is 0 Å². The molecular weight excluding hydrogens is 304 g/mol. The van der Waals surface area contributed by atoms with Gasteiger partial charge in [-0.15, -0.1) is 0 Å². The summed E-state index contributed by atoms with van der Waals surface area (Å²) in [5, 5.41) is 0. The number of methoxy groups -OCH3 is 2. The van der Waals surface area contributed by atoms with Crippen LogP contribution in [0.25, 0.3) is 0 Å². The molecule has 0 aliphatic carbocycles. The van der Waals surface area contributed by atoms with Crippen LogP contribution in [0.4, 0.5) is 0 Å². The quantitative estimate of drug-likeness (QED) is 0.870. The molecule has 0 aromatic heterocycles. The van der Waals surface area contributed by atoms with Crippen LogP contribution in [0.5, 0.6) is 11.5 Å². The normalized spacial score (nSPS) is 22.8. The van der Waals surface area contributed by atoms with Gasteiger partial charge in [0.2, 0.25) is 0 Å². The van der Waals surface area contributed by atoms with E-state index in [9.17, 15) is 8.42 Å². The largest absolute Gasteiger partial charge is 0.492 e. The molecule has 22 heavy (non-hydrogen) atoms. The molecule has 1 aromatic rings. The van der Waals surface area contributed by atoms with E-state index < -0.39 is 9.84 Å². The Bertz CT molecular complexity index is 645. The maximum absolute atomic E-state index is 11.9. The molecule has 1 aromatic carbocycles. The summed E-state index contributed by atoms with van der Waals surface area (Å²) in [7, 11) is 1.64. The topological polar surface area (TPSA) is 81.9 Å². The minimum absolute atomic E-state index is 0.144. The van der Waals surface area contributed by atoms with Crippen LogP contribution in [0.1, 0.15) is 18.0 Å². The van der Waals surface area contributed by atoms with Crippen molar-refractivity contribution in [3.63, 3.8) is 0 Å². The molecule has 7 heteroatoms.